The van der Waals surface area contributed by atoms with Crippen LogP contribution in [0.4, 0.5) is 5.69 Å². The molecule has 1 aromatic carbocycles. The van der Waals surface area contributed by atoms with E-state index in [-0.39, 0.29) is 17.9 Å². The third-order valence-corrected chi connectivity index (χ3v) is 3.05. The van der Waals surface area contributed by atoms with Gasteiger partial charge >= 0.3 is 0 Å². The van der Waals surface area contributed by atoms with Gasteiger partial charge in [0, 0.05) is 0 Å². The summed E-state index contributed by atoms with van der Waals surface area (Å²) in [5.41, 5.74) is 3.05. The number of amides is 1. The van der Waals surface area contributed by atoms with Crippen molar-refractivity contribution in [3.8, 4) is 0 Å². The Morgan fingerprint density at radius 1 is 1.26 bits per heavy atom. The summed E-state index contributed by atoms with van der Waals surface area (Å²) in [6, 6.07) is 6.05. The zero-order valence-electron chi connectivity index (χ0n) is 12.1. The molecule has 0 unspecified atom stereocenters. The minimum absolute atomic E-state index is 0.0817. The zero-order valence-corrected chi connectivity index (χ0v) is 12.8. The summed E-state index contributed by atoms with van der Waals surface area (Å²) < 4.78 is 0. The van der Waals surface area contributed by atoms with Crippen LogP contribution in [0.5, 0.6) is 0 Å². The Morgan fingerprint density at radius 2 is 1.79 bits per heavy atom. The van der Waals surface area contributed by atoms with Gasteiger partial charge in [-0.1, -0.05) is 32.0 Å². The lowest BCUT2D eigenvalue weighted by Crippen LogP contribution is -2.36. The molecule has 0 aliphatic heterocycles. The van der Waals surface area contributed by atoms with Crippen molar-refractivity contribution in [2.45, 2.75) is 46.6 Å². The summed E-state index contributed by atoms with van der Waals surface area (Å²) in [5.74, 6) is -0.320. The minimum atomic E-state index is -0.231. The van der Waals surface area contributed by atoms with Crippen LogP contribution in [0.2, 0.25) is 0 Å². The van der Waals surface area contributed by atoms with E-state index < -0.39 is 0 Å². The van der Waals surface area contributed by atoms with E-state index in [4.69, 9.17) is 16.4 Å². The molecule has 0 heterocycles. The molecule has 0 N–H and O–H groups in total. The van der Waals surface area contributed by atoms with Gasteiger partial charge in [0.1, 0.15) is 5.88 Å². The van der Waals surface area contributed by atoms with Crippen LogP contribution in [0.3, 0.4) is 0 Å². The first-order chi connectivity index (χ1) is 9.04. The smallest absolute Gasteiger partial charge is 0.265 e. The Hall–Kier alpha value is -1.06. The minimum Gasteiger partial charge on any atom is -0.271 e. The van der Waals surface area contributed by atoms with Crippen LogP contribution >= 0.6 is 11.6 Å². The highest BCUT2D eigenvalue weighted by atomic mass is 35.5. The SMILES string of the molecule is CCc1cccc(CC)c1N(OC(C)C)C(=O)CCl. The van der Waals surface area contributed by atoms with Gasteiger partial charge in [-0.3, -0.25) is 9.63 Å². The van der Waals surface area contributed by atoms with E-state index in [1.54, 1.807) is 0 Å². The lowest BCUT2D eigenvalue weighted by Gasteiger charge is -2.27. The number of alkyl halides is 1. The zero-order chi connectivity index (χ0) is 14.4. The first-order valence-corrected chi connectivity index (χ1v) is 7.24. The average molecular weight is 284 g/mol. The van der Waals surface area contributed by atoms with Gasteiger partial charge in [0.25, 0.3) is 5.91 Å². The molecule has 1 rings (SSSR count). The van der Waals surface area contributed by atoms with Gasteiger partial charge in [-0.15, -0.1) is 11.6 Å². The van der Waals surface area contributed by atoms with Crippen molar-refractivity contribution in [1.29, 1.82) is 0 Å². The molecule has 106 valence electrons. The van der Waals surface area contributed by atoms with Crippen LogP contribution < -0.4 is 5.06 Å². The van der Waals surface area contributed by atoms with Crippen LogP contribution in [0.25, 0.3) is 0 Å². The molecule has 0 bridgehead atoms. The number of rotatable bonds is 6. The van der Waals surface area contributed by atoms with E-state index in [0.717, 1.165) is 29.7 Å². The molecule has 1 aromatic rings. The maximum absolute atomic E-state index is 12.1. The van der Waals surface area contributed by atoms with Gasteiger partial charge in [-0.05, 0) is 37.8 Å². The molecule has 19 heavy (non-hydrogen) atoms. The predicted molar refractivity (Wildman–Crippen MR) is 79.6 cm³/mol. The van der Waals surface area contributed by atoms with Gasteiger partial charge in [-0.25, -0.2) is 0 Å². The largest absolute Gasteiger partial charge is 0.271 e. The van der Waals surface area contributed by atoms with Crippen molar-refractivity contribution in [3.05, 3.63) is 29.3 Å². The van der Waals surface area contributed by atoms with E-state index in [1.165, 1.54) is 5.06 Å². The lowest BCUT2D eigenvalue weighted by atomic mass is 10.0. The Labute approximate surface area is 120 Å². The third-order valence-electron chi connectivity index (χ3n) is 2.83. The third kappa shape index (κ3) is 3.95. The van der Waals surface area contributed by atoms with Gasteiger partial charge in [0.05, 0.1) is 11.8 Å². The van der Waals surface area contributed by atoms with Crippen molar-refractivity contribution >= 4 is 23.2 Å². The fourth-order valence-corrected chi connectivity index (χ4v) is 2.09. The number of carbonyl (C=O) groups is 1. The molecule has 0 aromatic heterocycles. The van der Waals surface area contributed by atoms with Gasteiger partial charge in [-0.2, -0.15) is 5.06 Å². The van der Waals surface area contributed by atoms with E-state index in [2.05, 4.69) is 13.8 Å². The maximum atomic E-state index is 12.1. The molecular weight excluding hydrogens is 262 g/mol. The number of halogens is 1. The molecule has 0 aliphatic carbocycles. The Bertz CT molecular complexity index is 410. The summed E-state index contributed by atoms with van der Waals surface area (Å²) in [4.78, 5) is 17.7. The monoisotopic (exact) mass is 283 g/mol. The normalized spacial score (nSPS) is 10.8. The molecule has 3 nitrogen and oxygen atoms in total. The first kappa shape index (κ1) is 16.0. The molecule has 0 saturated carbocycles. The van der Waals surface area contributed by atoms with Crippen molar-refractivity contribution in [2.75, 3.05) is 10.9 Å². The summed E-state index contributed by atoms with van der Waals surface area (Å²) in [6.07, 6.45) is 1.61. The number of hydrogen-bond acceptors (Lipinski definition) is 2. The number of benzene rings is 1. The number of anilines is 1. The van der Waals surface area contributed by atoms with Gasteiger partial charge in [0.15, 0.2) is 0 Å². The molecule has 1 amide bonds. The first-order valence-electron chi connectivity index (χ1n) is 6.71. The number of nitrogens with zero attached hydrogens (tertiary/aromatic N) is 1. The van der Waals surface area contributed by atoms with E-state index in [1.807, 2.05) is 32.0 Å². The molecule has 0 atom stereocenters. The van der Waals surface area contributed by atoms with Crippen LogP contribution in [0.15, 0.2) is 18.2 Å². The van der Waals surface area contributed by atoms with Crippen molar-refractivity contribution < 1.29 is 9.63 Å². The van der Waals surface area contributed by atoms with Crippen molar-refractivity contribution in [3.63, 3.8) is 0 Å². The Morgan fingerprint density at radius 3 is 2.16 bits per heavy atom. The second-order valence-electron chi connectivity index (χ2n) is 4.61. The topological polar surface area (TPSA) is 29.5 Å². The summed E-state index contributed by atoms with van der Waals surface area (Å²) in [6.45, 7) is 7.93. The highest BCUT2D eigenvalue weighted by molar-refractivity contribution is 6.29. The van der Waals surface area contributed by atoms with Gasteiger partial charge < -0.3 is 0 Å². The number of hydrogen-bond donors (Lipinski definition) is 0. The standard InChI is InChI=1S/C15H22ClNO2/c1-5-12-8-7-9-13(6-2)15(12)17(14(18)10-16)19-11(3)4/h7-9,11H,5-6,10H2,1-4H3. The molecule has 4 heteroatoms. The number of para-hydroxylation sites is 1. The van der Waals surface area contributed by atoms with E-state index in [9.17, 15) is 4.79 Å². The van der Waals surface area contributed by atoms with Crippen molar-refractivity contribution in [1.82, 2.24) is 0 Å². The van der Waals surface area contributed by atoms with Crippen LogP contribution in [-0.4, -0.2) is 17.9 Å². The van der Waals surface area contributed by atoms with Crippen LogP contribution in [0.1, 0.15) is 38.8 Å². The molecule has 0 radical (unpaired) electrons. The summed E-state index contributed by atoms with van der Waals surface area (Å²) in [5, 5.41) is 1.37. The molecule has 0 aliphatic rings. The fourth-order valence-electron chi connectivity index (χ4n) is 1.98. The molecule has 0 spiro atoms. The quantitative estimate of drug-likeness (QED) is 0.588. The Kier molecular flexibility index (Phi) is 6.32. The molecule has 0 saturated heterocycles. The predicted octanol–water partition coefficient (Wildman–Crippen LogP) is 3.72. The number of hydroxylamine groups is 1. The summed E-state index contributed by atoms with van der Waals surface area (Å²) >= 11 is 5.70. The lowest BCUT2D eigenvalue weighted by molar-refractivity contribution is -0.125. The van der Waals surface area contributed by atoms with Crippen LogP contribution in [-0.2, 0) is 22.5 Å². The second-order valence-corrected chi connectivity index (χ2v) is 4.88. The summed E-state index contributed by atoms with van der Waals surface area (Å²) in [7, 11) is 0. The number of carbonyl (C=O) groups excluding carboxylic acids is 1. The van der Waals surface area contributed by atoms with Gasteiger partial charge in [0.2, 0.25) is 0 Å². The maximum Gasteiger partial charge on any atom is 0.265 e. The highest BCUT2D eigenvalue weighted by Gasteiger charge is 2.22. The van der Waals surface area contributed by atoms with E-state index in [0.29, 0.717) is 0 Å². The molecular formula is C15H22ClNO2. The van der Waals surface area contributed by atoms with Crippen LogP contribution in [0, 0.1) is 0 Å². The number of aryl methyl sites for hydroxylation is 2. The highest BCUT2D eigenvalue weighted by Crippen LogP contribution is 2.28. The average Bonchev–Trinajstić information content (AvgIpc) is 2.42. The fraction of sp³-hybridized carbons (Fsp3) is 0.533. The molecule has 0 fully saturated rings. The Balaban J connectivity index is 3.30. The van der Waals surface area contributed by atoms with E-state index >= 15 is 0 Å². The second kappa shape index (κ2) is 7.51. The van der Waals surface area contributed by atoms with Crippen molar-refractivity contribution in [2.24, 2.45) is 0 Å².